The minimum absolute atomic E-state index is 0.208. The van der Waals surface area contributed by atoms with Gasteiger partial charge in [-0.15, -0.1) is 11.8 Å². The molecule has 1 amide bonds. The van der Waals surface area contributed by atoms with E-state index in [0.29, 0.717) is 0 Å². The third kappa shape index (κ3) is 2.86. The molecule has 0 N–H and O–H groups in total. The number of piperazine rings is 1. The van der Waals surface area contributed by atoms with E-state index in [1.165, 1.54) is 22.6 Å². The first-order valence-electron chi connectivity index (χ1n) is 7.55. The zero-order valence-electron chi connectivity index (χ0n) is 12.1. The molecule has 0 unspecified atom stereocenters. The summed E-state index contributed by atoms with van der Waals surface area (Å²) in [7, 11) is 0. The molecule has 2 aliphatic rings. The van der Waals surface area contributed by atoms with Crippen LogP contribution in [0.4, 0.5) is 0 Å². The van der Waals surface area contributed by atoms with Crippen molar-refractivity contribution in [3.8, 4) is 0 Å². The van der Waals surface area contributed by atoms with Gasteiger partial charge in [0.2, 0.25) is 0 Å². The molecule has 2 heterocycles. The van der Waals surface area contributed by atoms with Gasteiger partial charge in [-0.2, -0.15) is 0 Å². The Bertz CT molecular complexity index is 495. The maximum absolute atomic E-state index is 12.6. The summed E-state index contributed by atoms with van der Waals surface area (Å²) in [5.74, 6) is 1.42. The molecule has 0 aliphatic carbocycles. The number of thioether (sulfide) groups is 1. The van der Waals surface area contributed by atoms with E-state index in [-0.39, 0.29) is 5.91 Å². The van der Waals surface area contributed by atoms with E-state index in [1.54, 1.807) is 0 Å². The summed E-state index contributed by atoms with van der Waals surface area (Å²) >= 11 is 1.92. The Kier molecular flexibility index (Phi) is 4.32. The van der Waals surface area contributed by atoms with E-state index in [4.69, 9.17) is 0 Å². The molecular weight excluding hydrogens is 268 g/mol. The van der Waals surface area contributed by atoms with Gasteiger partial charge >= 0.3 is 0 Å². The van der Waals surface area contributed by atoms with Crippen LogP contribution in [0.25, 0.3) is 0 Å². The number of carbonyl (C=O) groups excluding carboxylic acids is 1. The highest BCUT2D eigenvalue weighted by molar-refractivity contribution is 7.99. The molecule has 1 saturated heterocycles. The predicted octanol–water partition coefficient (Wildman–Crippen LogP) is 2.50. The highest BCUT2D eigenvalue weighted by Gasteiger charge is 2.22. The van der Waals surface area contributed by atoms with Crippen molar-refractivity contribution in [2.24, 2.45) is 0 Å². The van der Waals surface area contributed by atoms with Crippen LogP contribution in [-0.4, -0.2) is 54.2 Å². The van der Waals surface area contributed by atoms with Crippen molar-refractivity contribution in [3.05, 3.63) is 29.3 Å². The Hall–Kier alpha value is -1.00. The Labute approximate surface area is 125 Å². The zero-order chi connectivity index (χ0) is 13.9. The van der Waals surface area contributed by atoms with Crippen LogP contribution in [0.15, 0.2) is 23.1 Å². The molecule has 1 aromatic carbocycles. The molecule has 0 atom stereocenters. The van der Waals surface area contributed by atoms with Crippen LogP contribution in [0, 0.1) is 0 Å². The maximum Gasteiger partial charge on any atom is 0.253 e. The van der Waals surface area contributed by atoms with Crippen molar-refractivity contribution < 1.29 is 4.79 Å². The summed E-state index contributed by atoms with van der Waals surface area (Å²) in [6.45, 7) is 6.99. The molecule has 0 bridgehead atoms. The lowest BCUT2D eigenvalue weighted by Gasteiger charge is -2.34. The van der Waals surface area contributed by atoms with Crippen LogP contribution in [0.2, 0.25) is 0 Å². The van der Waals surface area contributed by atoms with Crippen LogP contribution in [0.3, 0.4) is 0 Å². The second-order valence-corrected chi connectivity index (χ2v) is 6.64. The molecule has 108 valence electrons. The van der Waals surface area contributed by atoms with E-state index >= 15 is 0 Å². The predicted molar refractivity (Wildman–Crippen MR) is 83.5 cm³/mol. The van der Waals surface area contributed by atoms with E-state index in [0.717, 1.165) is 44.7 Å². The van der Waals surface area contributed by atoms with Crippen molar-refractivity contribution in [1.82, 2.24) is 9.80 Å². The van der Waals surface area contributed by atoms with Gasteiger partial charge in [0.1, 0.15) is 0 Å². The number of nitrogens with zero attached hydrogens (tertiary/aromatic N) is 2. The third-order valence-electron chi connectivity index (χ3n) is 4.26. The molecule has 3 nitrogen and oxygen atoms in total. The van der Waals surface area contributed by atoms with Gasteiger partial charge in [0.15, 0.2) is 0 Å². The smallest absolute Gasteiger partial charge is 0.253 e. The highest BCUT2D eigenvalue weighted by atomic mass is 32.2. The second-order valence-electron chi connectivity index (χ2n) is 5.50. The van der Waals surface area contributed by atoms with E-state index in [1.807, 2.05) is 22.7 Å². The van der Waals surface area contributed by atoms with Crippen molar-refractivity contribution >= 4 is 17.7 Å². The van der Waals surface area contributed by atoms with Crippen molar-refractivity contribution in [2.45, 2.75) is 24.7 Å². The van der Waals surface area contributed by atoms with Crippen molar-refractivity contribution in [3.63, 3.8) is 0 Å². The molecule has 20 heavy (non-hydrogen) atoms. The molecule has 3 rings (SSSR count). The fourth-order valence-corrected chi connectivity index (χ4v) is 3.96. The summed E-state index contributed by atoms with van der Waals surface area (Å²) in [4.78, 5) is 18.3. The fraction of sp³-hybridized carbons (Fsp3) is 0.562. The van der Waals surface area contributed by atoms with Gasteiger partial charge in [-0.3, -0.25) is 4.79 Å². The van der Waals surface area contributed by atoms with Crippen molar-refractivity contribution in [1.29, 1.82) is 0 Å². The first-order chi connectivity index (χ1) is 9.78. The van der Waals surface area contributed by atoms with E-state index in [9.17, 15) is 4.79 Å². The van der Waals surface area contributed by atoms with Gasteiger partial charge in [-0.1, -0.05) is 6.92 Å². The number of aryl methyl sites for hydroxylation is 1. The summed E-state index contributed by atoms with van der Waals surface area (Å²) in [5.41, 5.74) is 2.23. The largest absolute Gasteiger partial charge is 0.336 e. The van der Waals surface area contributed by atoms with E-state index in [2.05, 4.69) is 24.0 Å². The van der Waals surface area contributed by atoms with Crippen LogP contribution >= 0.6 is 11.8 Å². The number of benzene rings is 1. The zero-order valence-corrected chi connectivity index (χ0v) is 12.9. The Balaban J connectivity index is 1.71. The third-order valence-corrected chi connectivity index (χ3v) is 5.46. The molecule has 0 radical (unpaired) electrons. The minimum Gasteiger partial charge on any atom is -0.336 e. The average molecular weight is 290 g/mol. The van der Waals surface area contributed by atoms with Gasteiger partial charge in [0, 0.05) is 36.6 Å². The number of fused-ring (bicyclic) bond motifs is 1. The molecule has 0 aromatic heterocycles. The minimum atomic E-state index is 0.208. The molecular formula is C16H22N2OS. The number of likely N-dealkylation sites (N-methyl/N-ethyl adjacent to an activating group) is 1. The molecule has 4 heteroatoms. The van der Waals surface area contributed by atoms with Gasteiger partial charge < -0.3 is 9.80 Å². The van der Waals surface area contributed by atoms with Crippen LogP contribution in [0.1, 0.15) is 29.3 Å². The number of rotatable bonds is 2. The lowest BCUT2D eigenvalue weighted by Crippen LogP contribution is -2.48. The summed E-state index contributed by atoms with van der Waals surface area (Å²) in [6.07, 6.45) is 2.34. The van der Waals surface area contributed by atoms with Crippen LogP contribution < -0.4 is 0 Å². The SMILES string of the molecule is CCN1CCN(C(=O)c2ccc3c(c2)CCCS3)CC1. The standard InChI is InChI=1S/C16H22N2OS/c1-2-17-7-9-18(10-8-17)16(19)14-5-6-15-13(12-14)4-3-11-20-15/h5-6,12H,2-4,7-11H2,1H3. The highest BCUT2D eigenvalue weighted by Crippen LogP contribution is 2.30. The lowest BCUT2D eigenvalue weighted by molar-refractivity contribution is 0.0643. The van der Waals surface area contributed by atoms with E-state index < -0.39 is 0 Å². The lowest BCUT2D eigenvalue weighted by atomic mass is 10.1. The normalized spacial score (nSPS) is 19.8. The van der Waals surface area contributed by atoms with Crippen LogP contribution in [-0.2, 0) is 6.42 Å². The molecule has 1 aromatic rings. The van der Waals surface area contributed by atoms with Crippen LogP contribution in [0.5, 0.6) is 0 Å². The maximum atomic E-state index is 12.6. The van der Waals surface area contributed by atoms with Gasteiger partial charge in [-0.25, -0.2) is 0 Å². The number of amides is 1. The average Bonchev–Trinajstić information content (AvgIpc) is 2.54. The van der Waals surface area contributed by atoms with Gasteiger partial charge in [0.05, 0.1) is 0 Å². The number of hydrogen-bond donors (Lipinski definition) is 0. The quantitative estimate of drug-likeness (QED) is 0.836. The summed E-state index contributed by atoms with van der Waals surface area (Å²) in [5, 5.41) is 0. The van der Waals surface area contributed by atoms with Gasteiger partial charge in [0.25, 0.3) is 5.91 Å². The topological polar surface area (TPSA) is 23.6 Å². The Morgan fingerprint density at radius 1 is 1.25 bits per heavy atom. The Morgan fingerprint density at radius 2 is 2.05 bits per heavy atom. The van der Waals surface area contributed by atoms with Crippen molar-refractivity contribution in [2.75, 3.05) is 38.5 Å². The second kappa shape index (κ2) is 6.19. The molecule has 0 spiro atoms. The van der Waals surface area contributed by atoms with Gasteiger partial charge in [-0.05, 0) is 48.9 Å². The monoisotopic (exact) mass is 290 g/mol. The summed E-state index contributed by atoms with van der Waals surface area (Å²) in [6, 6.07) is 6.26. The first kappa shape index (κ1) is 14.0. The summed E-state index contributed by atoms with van der Waals surface area (Å²) < 4.78 is 0. The molecule has 0 saturated carbocycles. The molecule has 2 aliphatic heterocycles. The first-order valence-corrected chi connectivity index (χ1v) is 8.54. The number of carbonyl (C=O) groups is 1. The molecule has 1 fully saturated rings. The number of hydrogen-bond acceptors (Lipinski definition) is 3. The Morgan fingerprint density at radius 3 is 2.80 bits per heavy atom. The fourth-order valence-electron chi connectivity index (χ4n) is 2.94.